The minimum Gasteiger partial charge on any atom is -0.464 e. The van der Waals surface area contributed by atoms with Gasteiger partial charge in [-0.2, -0.15) is 0 Å². The maximum Gasteiger partial charge on any atom is 0.322 e. The van der Waals surface area contributed by atoms with Gasteiger partial charge >= 0.3 is 6.03 Å². The second-order valence-corrected chi connectivity index (χ2v) is 10.1. The molecule has 1 aromatic heterocycles. The molecule has 0 spiro atoms. The summed E-state index contributed by atoms with van der Waals surface area (Å²) >= 11 is 12.3. The number of anilines is 1. The van der Waals surface area contributed by atoms with E-state index in [2.05, 4.69) is 5.32 Å². The van der Waals surface area contributed by atoms with Gasteiger partial charge in [0, 0.05) is 20.2 Å². The molecule has 0 saturated heterocycles. The fraction of sp³-hybridized carbons (Fsp3) is 0.233. The number of urea groups is 1. The SMILES string of the molecule is COCCN(CC(=O)N(Cc1ccccc1)Cc1coc2ccc(C)cc2c1=O)C(=O)Nc1cccc(Cl)c1Cl. The molecule has 4 aromatic rings. The summed E-state index contributed by atoms with van der Waals surface area (Å²) in [6.07, 6.45) is 1.39. The molecule has 8 nitrogen and oxygen atoms in total. The highest BCUT2D eigenvalue weighted by Crippen LogP contribution is 2.29. The van der Waals surface area contributed by atoms with E-state index in [1.54, 1.807) is 30.3 Å². The van der Waals surface area contributed by atoms with Gasteiger partial charge in [-0.25, -0.2) is 4.79 Å². The average Bonchev–Trinajstić information content (AvgIpc) is 2.95. The van der Waals surface area contributed by atoms with Crippen LogP contribution in [0.2, 0.25) is 10.0 Å². The zero-order valence-electron chi connectivity index (χ0n) is 22.2. The highest BCUT2D eigenvalue weighted by Gasteiger charge is 2.24. The summed E-state index contributed by atoms with van der Waals surface area (Å²) in [4.78, 5) is 43.1. The van der Waals surface area contributed by atoms with Crippen molar-refractivity contribution in [2.75, 3.05) is 32.1 Å². The van der Waals surface area contributed by atoms with Crippen molar-refractivity contribution in [1.29, 1.82) is 0 Å². The molecule has 0 saturated carbocycles. The van der Waals surface area contributed by atoms with Gasteiger partial charge in [0.05, 0.1) is 46.1 Å². The Morgan fingerprint density at radius 3 is 2.50 bits per heavy atom. The number of nitrogens with zero attached hydrogens (tertiary/aromatic N) is 2. The normalized spacial score (nSPS) is 10.9. The molecule has 40 heavy (non-hydrogen) atoms. The second kappa shape index (κ2) is 13.5. The number of halogens is 2. The number of nitrogens with one attached hydrogen (secondary N) is 1. The number of methoxy groups -OCH3 is 1. The van der Waals surface area contributed by atoms with Gasteiger partial charge in [0.15, 0.2) is 5.43 Å². The maximum atomic E-state index is 13.7. The molecule has 0 radical (unpaired) electrons. The van der Waals surface area contributed by atoms with Crippen molar-refractivity contribution in [3.63, 3.8) is 0 Å². The van der Waals surface area contributed by atoms with Crippen LogP contribution in [0.25, 0.3) is 11.0 Å². The topological polar surface area (TPSA) is 92.1 Å². The number of hydrogen-bond donors (Lipinski definition) is 1. The van der Waals surface area contributed by atoms with Gasteiger partial charge in [-0.3, -0.25) is 9.59 Å². The first kappa shape index (κ1) is 29.1. The van der Waals surface area contributed by atoms with Crippen LogP contribution >= 0.6 is 23.2 Å². The van der Waals surface area contributed by atoms with Crippen molar-refractivity contribution >= 4 is 51.8 Å². The van der Waals surface area contributed by atoms with Gasteiger partial charge in [-0.05, 0) is 36.8 Å². The van der Waals surface area contributed by atoms with Crippen molar-refractivity contribution in [3.05, 3.63) is 110 Å². The average molecular weight is 582 g/mol. The van der Waals surface area contributed by atoms with Crippen LogP contribution in [-0.4, -0.2) is 48.5 Å². The Kier molecular flexibility index (Phi) is 9.82. The van der Waals surface area contributed by atoms with Crippen molar-refractivity contribution in [3.8, 4) is 0 Å². The first-order valence-corrected chi connectivity index (χ1v) is 13.3. The Bertz CT molecular complexity index is 1560. The lowest BCUT2D eigenvalue weighted by atomic mass is 10.1. The predicted octanol–water partition coefficient (Wildman–Crippen LogP) is 6.12. The van der Waals surface area contributed by atoms with Crippen molar-refractivity contribution in [2.24, 2.45) is 0 Å². The Hall–Kier alpha value is -3.85. The third-order valence-corrected chi connectivity index (χ3v) is 7.12. The van der Waals surface area contributed by atoms with E-state index in [1.165, 1.54) is 23.2 Å². The fourth-order valence-corrected chi connectivity index (χ4v) is 4.50. The van der Waals surface area contributed by atoms with Crippen LogP contribution < -0.4 is 10.7 Å². The molecule has 1 heterocycles. The van der Waals surface area contributed by atoms with Gasteiger partial charge < -0.3 is 24.3 Å². The third-order valence-electron chi connectivity index (χ3n) is 6.30. The number of amides is 3. The summed E-state index contributed by atoms with van der Waals surface area (Å²) in [5, 5.41) is 3.65. The Morgan fingerprint density at radius 1 is 0.975 bits per heavy atom. The maximum absolute atomic E-state index is 13.7. The lowest BCUT2D eigenvalue weighted by molar-refractivity contribution is -0.133. The van der Waals surface area contributed by atoms with Crippen molar-refractivity contribution < 1.29 is 18.7 Å². The number of carbonyl (C=O) groups excluding carboxylic acids is 2. The van der Waals surface area contributed by atoms with Gasteiger partial charge in [-0.15, -0.1) is 0 Å². The molecule has 0 bridgehead atoms. The third kappa shape index (κ3) is 7.21. The summed E-state index contributed by atoms with van der Waals surface area (Å²) in [6.45, 7) is 2.20. The molecule has 0 aliphatic carbocycles. The number of carbonyl (C=O) groups is 2. The number of benzene rings is 3. The van der Waals surface area contributed by atoms with Gasteiger partial charge in [0.25, 0.3) is 0 Å². The van der Waals surface area contributed by atoms with E-state index in [9.17, 15) is 14.4 Å². The van der Waals surface area contributed by atoms with E-state index in [1.807, 2.05) is 43.3 Å². The molecule has 0 aliphatic rings. The molecule has 0 fully saturated rings. The molecular weight excluding hydrogens is 553 g/mol. The zero-order chi connectivity index (χ0) is 28.6. The first-order chi connectivity index (χ1) is 19.3. The zero-order valence-corrected chi connectivity index (χ0v) is 23.7. The number of hydrogen-bond acceptors (Lipinski definition) is 5. The lowest BCUT2D eigenvalue weighted by Crippen LogP contribution is -2.45. The highest BCUT2D eigenvalue weighted by atomic mass is 35.5. The van der Waals surface area contributed by atoms with Crippen molar-refractivity contribution in [1.82, 2.24) is 9.80 Å². The van der Waals surface area contributed by atoms with Crippen LogP contribution in [0.3, 0.4) is 0 Å². The standard InChI is InChI=1S/C30H29Cl2N3O5/c1-20-11-12-26-23(15-20)29(37)22(19-40-26)17-35(16-21-7-4-3-5-8-21)27(36)18-34(13-14-39-2)30(38)33-25-10-6-9-24(31)28(25)32/h3-12,15,19H,13-14,16-18H2,1-2H3,(H,33,38). The summed E-state index contributed by atoms with van der Waals surface area (Å²) in [5.74, 6) is -0.365. The van der Waals surface area contributed by atoms with Gasteiger partial charge in [-0.1, -0.05) is 71.2 Å². The van der Waals surface area contributed by atoms with E-state index in [-0.39, 0.29) is 54.2 Å². The van der Waals surface area contributed by atoms with Gasteiger partial charge in [0.1, 0.15) is 12.1 Å². The molecule has 1 N–H and O–H groups in total. The molecule has 3 amide bonds. The van der Waals surface area contributed by atoms with Gasteiger partial charge in [0.2, 0.25) is 5.91 Å². The van der Waals surface area contributed by atoms with Crippen LogP contribution in [0.5, 0.6) is 0 Å². The van der Waals surface area contributed by atoms with Crippen LogP contribution in [0.4, 0.5) is 10.5 Å². The van der Waals surface area contributed by atoms with Crippen LogP contribution in [0.15, 0.2) is 82.2 Å². The monoisotopic (exact) mass is 581 g/mol. The molecule has 0 aliphatic heterocycles. The molecular formula is C30H29Cl2N3O5. The summed E-state index contributed by atoms with van der Waals surface area (Å²) < 4.78 is 10.9. The Morgan fingerprint density at radius 2 is 1.75 bits per heavy atom. The van der Waals surface area contributed by atoms with Crippen LogP contribution in [0.1, 0.15) is 16.7 Å². The minimum absolute atomic E-state index is 0.000197. The predicted molar refractivity (Wildman–Crippen MR) is 157 cm³/mol. The van der Waals surface area contributed by atoms with Crippen molar-refractivity contribution in [2.45, 2.75) is 20.0 Å². The molecule has 3 aromatic carbocycles. The first-order valence-electron chi connectivity index (χ1n) is 12.6. The summed E-state index contributed by atoms with van der Waals surface area (Å²) in [5.41, 5.74) is 2.72. The number of fused-ring (bicyclic) bond motifs is 1. The molecule has 4 rings (SSSR count). The summed E-state index contributed by atoms with van der Waals surface area (Å²) in [7, 11) is 1.51. The fourth-order valence-electron chi connectivity index (χ4n) is 4.15. The van der Waals surface area contributed by atoms with E-state index in [0.717, 1.165) is 11.1 Å². The molecule has 208 valence electrons. The van der Waals surface area contributed by atoms with Crippen LogP contribution in [0, 0.1) is 6.92 Å². The Labute approximate surface area is 242 Å². The summed E-state index contributed by atoms with van der Waals surface area (Å²) in [6, 6.07) is 19.1. The second-order valence-electron chi connectivity index (χ2n) is 9.27. The molecule has 10 heteroatoms. The quantitative estimate of drug-likeness (QED) is 0.243. The largest absolute Gasteiger partial charge is 0.464 e. The number of ether oxygens (including phenoxy) is 1. The van der Waals surface area contributed by atoms with E-state index >= 15 is 0 Å². The van der Waals surface area contributed by atoms with E-state index < -0.39 is 6.03 Å². The van der Waals surface area contributed by atoms with E-state index in [0.29, 0.717) is 22.2 Å². The van der Waals surface area contributed by atoms with Crippen LogP contribution in [-0.2, 0) is 22.6 Å². The van der Waals surface area contributed by atoms with E-state index in [4.69, 9.17) is 32.4 Å². The number of rotatable bonds is 10. The molecule has 0 atom stereocenters. The smallest absolute Gasteiger partial charge is 0.322 e. The highest BCUT2D eigenvalue weighted by molar-refractivity contribution is 6.43. The number of aryl methyl sites for hydroxylation is 1. The molecule has 0 unspecified atom stereocenters. The Balaban J connectivity index is 1.60. The minimum atomic E-state index is -0.546. The lowest BCUT2D eigenvalue weighted by Gasteiger charge is -2.28.